The zero-order valence-corrected chi connectivity index (χ0v) is 11.5. The molecular weight excluding hydrogens is 208 g/mol. The molecule has 2 nitrogen and oxygen atoms in total. The fraction of sp³-hybridized carbons (Fsp3) is 1.00. The van der Waals surface area contributed by atoms with Crippen LogP contribution in [0.4, 0.5) is 0 Å². The maximum Gasteiger partial charge on any atom is 0.0266 e. The average molecular weight is 238 g/mol. The fourth-order valence-electron chi connectivity index (χ4n) is 3.78. The summed E-state index contributed by atoms with van der Waals surface area (Å²) in [4.78, 5) is 0. The van der Waals surface area contributed by atoms with Crippen LogP contribution in [0.25, 0.3) is 0 Å². The third-order valence-electron chi connectivity index (χ3n) is 5.22. The predicted octanol–water partition coefficient (Wildman–Crippen LogP) is 3.62. The van der Waals surface area contributed by atoms with Gasteiger partial charge in [-0.05, 0) is 43.4 Å². The minimum absolute atomic E-state index is 0.621. The second kappa shape index (κ2) is 6.75. The zero-order chi connectivity index (χ0) is 12.1. The number of nitrogens with one attached hydrogen (secondary N) is 1. The summed E-state index contributed by atoms with van der Waals surface area (Å²) in [6.45, 7) is 2.30. The molecule has 2 heteroatoms. The van der Waals surface area contributed by atoms with Gasteiger partial charge in [0.05, 0.1) is 0 Å². The number of hydrazine groups is 1. The lowest BCUT2D eigenvalue weighted by molar-refractivity contribution is 0.129. The molecule has 2 aliphatic carbocycles. The maximum atomic E-state index is 5.78. The first-order chi connectivity index (χ1) is 8.35. The molecule has 3 N–H and O–H groups in total. The Bertz CT molecular complexity index is 205. The molecule has 1 atom stereocenters. The lowest BCUT2D eigenvalue weighted by Gasteiger charge is -2.41. The molecule has 1 unspecified atom stereocenters. The lowest BCUT2D eigenvalue weighted by atomic mass is 9.69. The molecule has 0 aliphatic heterocycles. The minimum Gasteiger partial charge on any atom is -0.271 e. The van der Waals surface area contributed by atoms with E-state index < -0.39 is 0 Å². The molecule has 17 heavy (non-hydrogen) atoms. The van der Waals surface area contributed by atoms with E-state index in [9.17, 15) is 0 Å². The van der Waals surface area contributed by atoms with E-state index in [0.29, 0.717) is 6.04 Å². The Labute approximate surface area is 107 Å². The summed E-state index contributed by atoms with van der Waals surface area (Å²) >= 11 is 0. The van der Waals surface area contributed by atoms with Crippen molar-refractivity contribution in [3.63, 3.8) is 0 Å². The second-order valence-electron chi connectivity index (χ2n) is 6.31. The summed E-state index contributed by atoms with van der Waals surface area (Å²) in [7, 11) is 0. The van der Waals surface area contributed by atoms with Crippen molar-refractivity contribution in [2.24, 2.45) is 23.6 Å². The maximum absolute atomic E-state index is 5.78. The molecule has 0 heterocycles. The number of unbranched alkanes of at least 4 members (excludes halogenated alkanes) is 1. The normalized spacial score (nSPS) is 32.1. The molecule has 0 aromatic heterocycles. The topological polar surface area (TPSA) is 38.0 Å². The van der Waals surface area contributed by atoms with Crippen molar-refractivity contribution >= 4 is 0 Å². The van der Waals surface area contributed by atoms with Crippen molar-refractivity contribution in [1.29, 1.82) is 0 Å². The summed E-state index contributed by atoms with van der Waals surface area (Å²) < 4.78 is 0. The highest BCUT2D eigenvalue weighted by Gasteiger charge is 2.34. The van der Waals surface area contributed by atoms with Crippen molar-refractivity contribution in [1.82, 2.24) is 5.43 Å². The minimum atomic E-state index is 0.621. The molecule has 0 bridgehead atoms. The van der Waals surface area contributed by atoms with Gasteiger partial charge in [0, 0.05) is 6.04 Å². The number of hydrogen-bond donors (Lipinski definition) is 2. The Balaban J connectivity index is 1.73. The van der Waals surface area contributed by atoms with Gasteiger partial charge in [-0.1, -0.05) is 45.4 Å². The van der Waals surface area contributed by atoms with Gasteiger partial charge in [0.25, 0.3) is 0 Å². The molecule has 2 fully saturated rings. The van der Waals surface area contributed by atoms with E-state index >= 15 is 0 Å². The van der Waals surface area contributed by atoms with Crippen molar-refractivity contribution < 1.29 is 0 Å². The van der Waals surface area contributed by atoms with Gasteiger partial charge < -0.3 is 0 Å². The van der Waals surface area contributed by atoms with Gasteiger partial charge in [-0.2, -0.15) is 0 Å². The Morgan fingerprint density at radius 3 is 2.18 bits per heavy atom. The Hall–Kier alpha value is -0.0800. The molecule has 0 spiro atoms. The molecule has 2 saturated carbocycles. The van der Waals surface area contributed by atoms with Gasteiger partial charge in [0.2, 0.25) is 0 Å². The van der Waals surface area contributed by atoms with Crippen LogP contribution in [0.1, 0.15) is 71.1 Å². The fourth-order valence-corrected chi connectivity index (χ4v) is 3.78. The first-order valence-electron chi connectivity index (χ1n) is 7.81. The van der Waals surface area contributed by atoms with E-state index in [2.05, 4.69) is 12.3 Å². The quantitative estimate of drug-likeness (QED) is 0.548. The van der Waals surface area contributed by atoms with E-state index in [1.165, 1.54) is 64.2 Å². The monoisotopic (exact) mass is 238 g/mol. The molecule has 0 amide bonds. The third-order valence-corrected chi connectivity index (χ3v) is 5.22. The molecule has 2 aliphatic rings. The van der Waals surface area contributed by atoms with E-state index in [-0.39, 0.29) is 0 Å². The summed E-state index contributed by atoms with van der Waals surface area (Å²) in [6, 6.07) is 0.621. The van der Waals surface area contributed by atoms with Crippen LogP contribution in [-0.4, -0.2) is 6.04 Å². The Kier molecular flexibility index (Phi) is 5.30. The van der Waals surface area contributed by atoms with Crippen LogP contribution < -0.4 is 11.3 Å². The van der Waals surface area contributed by atoms with Crippen molar-refractivity contribution in [3.8, 4) is 0 Å². The number of hydrogen-bond acceptors (Lipinski definition) is 2. The number of nitrogens with two attached hydrogens (primary N) is 1. The smallest absolute Gasteiger partial charge is 0.0266 e. The Morgan fingerprint density at radius 2 is 1.71 bits per heavy atom. The van der Waals surface area contributed by atoms with E-state index in [1.807, 2.05) is 0 Å². The molecule has 2 rings (SSSR count). The average Bonchev–Trinajstić information content (AvgIpc) is 2.32. The van der Waals surface area contributed by atoms with Gasteiger partial charge in [-0.25, -0.2) is 0 Å². The van der Waals surface area contributed by atoms with Crippen LogP contribution in [0.15, 0.2) is 0 Å². The first-order valence-corrected chi connectivity index (χ1v) is 7.81. The number of rotatable bonds is 6. The molecule has 0 aromatic carbocycles. The van der Waals surface area contributed by atoms with Crippen LogP contribution in [0.5, 0.6) is 0 Å². The largest absolute Gasteiger partial charge is 0.271 e. The van der Waals surface area contributed by atoms with Crippen molar-refractivity contribution in [3.05, 3.63) is 0 Å². The zero-order valence-electron chi connectivity index (χ0n) is 11.5. The lowest BCUT2D eigenvalue weighted by Crippen LogP contribution is -2.49. The summed E-state index contributed by atoms with van der Waals surface area (Å²) in [5.74, 6) is 8.55. The van der Waals surface area contributed by atoms with Gasteiger partial charge >= 0.3 is 0 Å². The summed E-state index contributed by atoms with van der Waals surface area (Å²) in [5, 5.41) is 0. The van der Waals surface area contributed by atoms with Crippen LogP contribution in [0.2, 0.25) is 0 Å². The molecule has 0 radical (unpaired) electrons. The van der Waals surface area contributed by atoms with Crippen LogP contribution in [0.3, 0.4) is 0 Å². The third kappa shape index (κ3) is 3.45. The highest BCUT2D eigenvalue weighted by atomic mass is 15.2. The highest BCUT2D eigenvalue weighted by Crippen LogP contribution is 2.39. The van der Waals surface area contributed by atoms with Crippen molar-refractivity contribution in [2.45, 2.75) is 77.2 Å². The van der Waals surface area contributed by atoms with Crippen LogP contribution >= 0.6 is 0 Å². The molecule has 100 valence electrons. The molecular formula is C15H30N2. The highest BCUT2D eigenvalue weighted by molar-refractivity contribution is 4.88. The van der Waals surface area contributed by atoms with Gasteiger partial charge in [0.1, 0.15) is 0 Å². The Morgan fingerprint density at radius 1 is 1.06 bits per heavy atom. The standard InChI is InChI=1S/C15H30N2/c1-2-3-5-12-8-10-14(11-9-12)15(17-16)13-6-4-7-13/h12-15,17H,2-11,16H2,1H3. The van der Waals surface area contributed by atoms with Crippen LogP contribution in [0, 0.1) is 17.8 Å². The molecule has 0 saturated heterocycles. The summed E-state index contributed by atoms with van der Waals surface area (Å²) in [6.07, 6.45) is 14.2. The van der Waals surface area contributed by atoms with E-state index in [0.717, 1.165) is 17.8 Å². The van der Waals surface area contributed by atoms with Gasteiger partial charge in [-0.15, -0.1) is 0 Å². The van der Waals surface area contributed by atoms with E-state index in [1.54, 1.807) is 0 Å². The SMILES string of the molecule is CCCCC1CCC(C(NN)C2CCC2)CC1. The predicted molar refractivity (Wildman–Crippen MR) is 73.4 cm³/mol. The van der Waals surface area contributed by atoms with Gasteiger partial charge in [-0.3, -0.25) is 11.3 Å². The second-order valence-corrected chi connectivity index (χ2v) is 6.31. The summed E-state index contributed by atoms with van der Waals surface area (Å²) in [5.41, 5.74) is 3.13. The van der Waals surface area contributed by atoms with Crippen LogP contribution in [-0.2, 0) is 0 Å². The van der Waals surface area contributed by atoms with E-state index in [4.69, 9.17) is 5.84 Å². The van der Waals surface area contributed by atoms with Gasteiger partial charge in [0.15, 0.2) is 0 Å². The molecule has 0 aromatic rings. The van der Waals surface area contributed by atoms with Crippen molar-refractivity contribution in [2.75, 3.05) is 0 Å². The first kappa shape index (κ1) is 13.4.